The topological polar surface area (TPSA) is 49.8 Å². The third-order valence-corrected chi connectivity index (χ3v) is 5.09. The molecule has 0 saturated heterocycles. The molecule has 2 aliphatic carbocycles. The highest BCUT2D eigenvalue weighted by molar-refractivity contribution is 5.61. The highest BCUT2D eigenvalue weighted by Gasteiger charge is 2.26. The molecule has 0 spiro atoms. The van der Waals surface area contributed by atoms with Crippen LogP contribution in [0.3, 0.4) is 0 Å². The summed E-state index contributed by atoms with van der Waals surface area (Å²) in [4.78, 5) is 9.53. The van der Waals surface area contributed by atoms with Crippen LogP contribution < -0.4 is 10.6 Å². The van der Waals surface area contributed by atoms with Crippen molar-refractivity contribution in [1.29, 1.82) is 0 Å². The van der Waals surface area contributed by atoms with Crippen molar-refractivity contribution in [2.24, 2.45) is 0 Å². The van der Waals surface area contributed by atoms with Crippen molar-refractivity contribution in [1.82, 2.24) is 9.97 Å². The predicted molar refractivity (Wildman–Crippen MR) is 99.0 cm³/mol. The maximum Gasteiger partial charge on any atom is 0.225 e. The Morgan fingerprint density at radius 3 is 2.50 bits per heavy atom. The Labute approximate surface area is 144 Å². The normalized spacial score (nSPS) is 18.4. The molecule has 2 aromatic rings. The van der Waals surface area contributed by atoms with Crippen LogP contribution in [0, 0.1) is 6.92 Å². The summed E-state index contributed by atoms with van der Waals surface area (Å²) in [5, 5.41) is 7.06. The molecule has 126 valence electrons. The van der Waals surface area contributed by atoms with Gasteiger partial charge in [-0.3, -0.25) is 0 Å². The smallest absolute Gasteiger partial charge is 0.225 e. The van der Waals surface area contributed by atoms with E-state index >= 15 is 0 Å². The van der Waals surface area contributed by atoms with Gasteiger partial charge >= 0.3 is 0 Å². The predicted octanol–water partition coefficient (Wildman–Crippen LogP) is 5.15. The summed E-state index contributed by atoms with van der Waals surface area (Å²) in [6, 6.07) is 11.0. The van der Waals surface area contributed by atoms with Gasteiger partial charge < -0.3 is 10.6 Å². The zero-order chi connectivity index (χ0) is 16.4. The van der Waals surface area contributed by atoms with Gasteiger partial charge in [-0.25, -0.2) is 4.98 Å². The molecule has 2 saturated carbocycles. The SMILES string of the molecule is Cc1ccccc1Nc1cc(C2CC2)nc(NC2CCCCC2)n1. The molecule has 0 atom stereocenters. The molecule has 0 bridgehead atoms. The Morgan fingerprint density at radius 1 is 0.958 bits per heavy atom. The van der Waals surface area contributed by atoms with Crippen LogP contribution in [0.25, 0.3) is 0 Å². The molecule has 24 heavy (non-hydrogen) atoms. The minimum absolute atomic E-state index is 0.527. The van der Waals surface area contributed by atoms with Crippen LogP contribution in [0.1, 0.15) is 62.1 Å². The molecule has 4 heteroatoms. The van der Waals surface area contributed by atoms with E-state index < -0.39 is 0 Å². The number of rotatable bonds is 5. The molecule has 2 fully saturated rings. The van der Waals surface area contributed by atoms with E-state index in [4.69, 9.17) is 9.97 Å². The van der Waals surface area contributed by atoms with E-state index in [1.54, 1.807) is 0 Å². The van der Waals surface area contributed by atoms with Crippen LogP contribution in [0.2, 0.25) is 0 Å². The maximum atomic E-state index is 4.79. The molecule has 0 aliphatic heterocycles. The molecular formula is C20H26N4. The maximum absolute atomic E-state index is 4.79. The number of anilines is 3. The lowest BCUT2D eigenvalue weighted by molar-refractivity contribution is 0.460. The van der Waals surface area contributed by atoms with Crippen molar-refractivity contribution in [3.8, 4) is 0 Å². The van der Waals surface area contributed by atoms with Crippen LogP contribution >= 0.6 is 0 Å². The second-order valence-electron chi connectivity index (χ2n) is 7.20. The largest absolute Gasteiger partial charge is 0.351 e. The summed E-state index contributed by atoms with van der Waals surface area (Å²) in [7, 11) is 0. The lowest BCUT2D eigenvalue weighted by Crippen LogP contribution is -2.23. The Balaban J connectivity index is 1.57. The van der Waals surface area contributed by atoms with E-state index in [0.29, 0.717) is 12.0 Å². The average molecular weight is 322 g/mol. The second kappa shape index (κ2) is 6.80. The third-order valence-electron chi connectivity index (χ3n) is 5.09. The summed E-state index contributed by atoms with van der Waals surface area (Å²) in [6.07, 6.45) is 8.96. The highest BCUT2D eigenvalue weighted by atomic mass is 15.2. The first-order valence-corrected chi connectivity index (χ1v) is 9.26. The van der Waals surface area contributed by atoms with Gasteiger partial charge in [0.1, 0.15) is 5.82 Å². The number of nitrogens with zero attached hydrogens (tertiary/aromatic N) is 2. The van der Waals surface area contributed by atoms with Gasteiger partial charge in [0.05, 0.1) is 5.69 Å². The Morgan fingerprint density at radius 2 is 1.75 bits per heavy atom. The van der Waals surface area contributed by atoms with Crippen LogP contribution in [0.4, 0.5) is 17.5 Å². The number of para-hydroxylation sites is 1. The van der Waals surface area contributed by atoms with E-state index in [1.807, 2.05) is 0 Å². The molecule has 0 amide bonds. The Hall–Kier alpha value is -2.10. The lowest BCUT2D eigenvalue weighted by Gasteiger charge is -2.23. The van der Waals surface area contributed by atoms with Gasteiger partial charge in [-0.15, -0.1) is 0 Å². The molecule has 0 radical (unpaired) electrons. The minimum Gasteiger partial charge on any atom is -0.351 e. The van der Waals surface area contributed by atoms with E-state index in [-0.39, 0.29) is 0 Å². The van der Waals surface area contributed by atoms with Crippen molar-refractivity contribution in [2.75, 3.05) is 10.6 Å². The van der Waals surface area contributed by atoms with E-state index in [1.165, 1.54) is 56.2 Å². The fraction of sp³-hybridized carbons (Fsp3) is 0.500. The van der Waals surface area contributed by atoms with Crippen molar-refractivity contribution in [3.05, 3.63) is 41.6 Å². The zero-order valence-corrected chi connectivity index (χ0v) is 14.4. The number of aryl methyl sites for hydroxylation is 1. The van der Waals surface area contributed by atoms with Crippen LogP contribution in [0.5, 0.6) is 0 Å². The molecule has 1 heterocycles. The third kappa shape index (κ3) is 3.69. The molecule has 4 rings (SSSR count). The molecule has 0 unspecified atom stereocenters. The molecule has 2 N–H and O–H groups in total. The number of benzene rings is 1. The number of aromatic nitrogens is 2. The number of hydrogen-bond acceptors (Lipinski definition) is 4. The van der Waals surface area contributed by atoms with Crippen molar-refractivity contribution in [3.63, 3.8) is 0 Å². The molecule has 4 nitrogen and oxygen atoms in total. The van der Waals surface area contributed by atoms with Gasteiger partial charge in [0, 0.05) is 23.7 Å². The minimum atomic E-state index is 0.527. The summed E-state index contributed by atoms with van der Waals surface area (Å²) in [5.41, 5.74) is 3.52. The quantitative estimate of drug-likeness (QED) is 0.799. The summed E-state index contributed by atoms with van der Waals surface area (Å²) >= 11 is 0. The molecule has 1 aromatic heterocycles. The number of hydrogen-bond donors (Lipinski definition) is 2. The van der Waals surface area contributed by atoms with Crippen LogP contribution in [0.15, 0.2) is 30.3 Å². The van der Waals surface area contributed by atoms with Gasteiger partial charge in [-0.05, 0) is 44.2 Å². The van der Waals surface area contributed by atoms with Gasteiger partial charge in [-0.2, -0.15) is 4.98 Å². The van der Waals surface area contributed by atoms with Crippen molar-refractivity contribution in [2.45, 2.75) is 63.8 Å². The first-order valence-electron chi connectivity index (χ1n) is 9.26. The molecular weight excluding hydrogens is 296 g/mol. The molecule has 2 aliphatic rings. The summed E-state index contributed by atoms with van der Waals surface area (Å²) in [6.45, 7) is 2.12. The van der Waals surface area contributed by atoms with Gasteiger partial charge in [0.2, 0.25) is 5.95 Å². The van der Waals surface area contributed by atoms with Gasteiger partial charge in [0.25, 0.3) is 0 Å². The average Bonchev–Trinajstić information content (AvgIpc) is 3.43. The van der Waals surface area contributed by atoms with Crippen LogP contribution in [-0.4, -0.2) is 16.0 Å². The van der Waals surface area contributed by atoms with Crippen LogP contribution in [-0.2, 0) is 0 Å². The Kier molecular flexibility index (Phi) is 4.37. The van der Waals surface area contributed by atoms with E-state index in [2.05, 4.69) is 47.9 Å². The van der Waals surface area contributed by atoms with Gasteiger partial charge in [0.15, 0.2) is 0 Å². The summed E-state index contributed by atoms with van der Waals surface area (Å²) in [5.74, 6) is 2.32. The fourth-order valence-electron chi connectivity index (χ4n) is 3.46. The van der Waals surface area contributed by atoms with Crippen molar-refractivity contribution >= 4 is 17.5 Å². The first-order chi connectivity index (χ1) is 11.8. The first kappa shape index (κ1) is 15.4. The second-order valence-corrected chi connectivity index (χ2v) is 7.20. The monoisotopic (exact) mass is 322 g/mol. The van der Waals surface area contributed by atoms with E-state index in [0.717, 1.165) is 17.5 Å². The Bertz CT molecular complexity index is 703. The zero-order valence-electron chi connectivity index (χ0n) is 14.4. The fourth-order valence-corrected chi connectivity index (χ4v) is 3.46. The summed E-state index contributed by atoms with van der Waals surface area (Å²) < 4.78 is 0. The van der Waals surface area contributed by atoms with E-state index in [9.17, 15) is 0 Å². The lowest BCUT2D eigenvalue weighted by atomic mass is 9.96. The van der Waals surface area contributed by atoms with Gasteiger partial charge in [-0.1, -0.05) is 37.5 Å². The number of nitrogens with one attached hydrogen (secondary N) is 2. The van der Waals surface area contributed by atoms with Crippen molar-refractivity contribution < 1.29 is 0 Å². The molecule has 1 aromatic carbocycles. The highest BCUT2D eigenvalue weighted by Crippen LogP contribution is 2.40. The standard InChI is InChI=1S/C20H26N4/c1-14-7-5-6-10-17(14)22-19-13-18(15-11-12-15)23-20(24-19)21-16-8-3-2-4-9-16/h5-7,10,13,15-16H,2-4,8-9,11-12H2,1H3,(H2,21,22,23,24).